The number of hydrogen-bond acceptors (Lipinski definition) is 2. The third-order valence-corrected chi connectivity index (χ3v) is 2.47. The van der Waals surface area contributed by atoms with Crippen molar-refractivity contribution in [1.29, 1.82) is 0 Å². The van der Waals surface area contributed by atoms with Gasteiger partial charge in [-0.1, -0.05) is 31.5 Å². The van der Waals surface area contributed by atoms with Gasteiger partial charge in [-0.2, -0.15) is 0 Å². The highest BCUT2D eigenvalue weighted by atomic mass is 16.3. The average molecular weight is 217 g/mol. The summed E-state index contributed by atoms with van der Waals surface area (Å²) in [5, 5.41) is 3.79. The van der Waals surface area contributed by atoms with E-state index in [9.17, 15) is 4.79 Å². The minimum Gasteiger partial charge on any atom is -0.451 e. The van der Waals surface area contributed by atoms with Crippen molar-refractivity contribution in [2.75, 3.05) is 6.54 Å². The summed E-state index contributed by atoms with van der Waals surface area (Å²) < 4.78 is 5.45. The first kappa shape index (κ1) is 10.7. The lowest BCUT2D eigenvalue weighted by Crippen LogP contribution is -2.23. The van der Waals surface area contributed by atoms with E-state index >= 15 is 0 Å². The van der Waals surface area contributed by atoms with Gasteiger partial charge in [0.2, 0.25) is 0 Å². The van der Waals surface area contributed by atoms with Crippen LogP contribution in [0.4, 0.5) is 0 Å². The van der Waals surface area contributed by atoms with Gasteiger partial charge in [0.25, 0.3) is 5.91 Å². The fourth-order valence-corrected chi connectivity index (χ4v) is 1.56. The fraction of sp³-hybridized carbons (Fsp3) is 0.308. The molecule has 84 valence electrons. The van der Waals surface area contributed by atoms with E-state index < -0.39 is 0 Å². The van der Waals surface area contributed by atoms with Crippen molar-refractivity contribution in [3.8, 4) is 0 Å². The lowest BCUT2D eigenvalue weighted by atomic mass is 10.2. The summed E-state index contributed by atoms with van der Waals surface area (Å²) in [6, 6.07) is 9.39. The number of hydrogen-bond donors (Lipinski definition) is 1. The van der Waals surface area contributed by atoms with Crippen molar-refractivity contribution in [3.63, 3.8) is 0 Å². The summed E-state index contributed by atoms with van der Waals surface area (Å²) in [6.45, 7) is 2.79. The Kier molecular flexibility index (Phi) is 3.25. The van der Waals surface area contributed by atoms with Gasteiger partial charge in [0.05, 0.1) is 0 Å². The average Bonchev–Trinajstić information content (AvgIpc) is 2.73. The lowest BCUT2D eigenvalue weighted by molar-refractivity contribution is 0.0927. The minimum atomic E-state index is -0.135. The van der Waals surface area contributed by atoms with Crippen molar-refractivity contribution < 1.29 is 9.21 Å². The molecule has 0 aliphatic heterocycles. The smallest absolute Gasteiger partial charge is 0.287 e. The van der Waals surface area contributed by atoms with Gasteiger partial charge in [0.15, 0.2) is 5.76 Å². The summed E-state index contributed by atoms with van der Waals surface area (Å²) in [5.74, 6) is 0.252. The zero-order chi connectivity index (χ0) is 11.4. The number of benzene rings is 1. The molecule has 1 aromatic carbocycles. The number of fused-ring (bicyclic) bond motifs is 1. The van der Waals surface area contributed by atoms with Gasteiger partial charge in [0.1, 0.15) is 5.58 Å². The summed E-state index contributed by atoms with van der Waals surface area (Å²) in [6.07, 6.45) is 2.06. The highest BCUT2D eigenvalue weighted by molar-refractivity contribution is 5.95. The molecule has 1 N–H and O–H groups in total. The van der Waals surface area contributed by atoms with Crippen LogP contribution < -0.4 is 5.32 Å². The number of nitrogens with one attached hydrogen (secondary N) is 1. The number of unbranched alkanes of at least 4 members (excludes halogenated alkanes) is 1. The monoisotopic (exact) mass is 217 g/mol. The Bertz CT molecular complexity index is 454. The summed E-state index contributed by atoms with van der Waals surface area (Å²) in [4.78, 5) is 11.7. The molecule has 0 fully saturated rings. The van der Waals surface area contributed by atoms with Gasteiger partial charge in [-0.15, -0.1) is 0 Å². The Hall–Kier alpha value is -1.77. The standard InChI is InChI=1S/C13H15NO2/c1-2-3-8-14-13(15)12-9-10-6-4-5-7-11(10)16-12/h4-7,9H,2-3,8H2,1H3,(H,14,15). The Balaban J connectivity index is 2.11. The molecule has 3 heteroatoms. The molecule has 0 bridgehead atoms. The maximum absolute atomic E-state index is 11.7. The molecule has 0 atom stereocenters. The molecule has 0 unspecified atom stereocenters. The molecule has 1 aromatic heterocycles. The van der Waals surface area contributed by atoms with E-state index in [0.29, 0.717) is 12.3 Å². The third kappa shape index (κ3) is 2.24. The van der Waals surface area contributed by atoms with Crippen LogP contribution in [0, 0.1) is 0 Å². The first-order valence-electron chi connectivity index (χ1n) is 5.58. The largest absolute Gasteiger partial charge is 0.451 e. The van der Waals surface area contributed by atoms with Gasteiger partial charge >= 0.3 is 0 Å². The number of carbonyl (C=O) groups excluding carboxylic acids is 1. The van der Waals surface area contributed by atoms with Gasteiger partial charge in [-0.25, -0.2) is 0 Å². The van der Waals surface area contributed by atoms with E-state index in [4.69, 9.17) is 4.42 Å². The Morgan fingerprint density at radius 2 is 2.19 bits per heavy atom. The van der Waals surface area contributed by atoms with Crippen LogP contribution in [0.5, 0.6) is 0 Å². The Morgan fingerprint density at radius 1 is 1.38 bits per heavy atom. The minimum absolute atomic E-state index is 0.135. The molecular formula is C13H15NO2. The van der Waals surface area contributed by atoms with E-state index in [1.807, 2.05) is 24.3 Å². The van der Waals surface area contributed by atoms with Crippen molar-refractivity contribution in [2.24, 2.45) is 0 Å². The van der Waals surface area contributed by atoms with Crippen LogP contribution >= 0.6 is 0 Å². The maximum atomic E-state index is 11.7. The summed E-state index contributed by atoms with van der Waals surface area (Å²) in [5.41, 5.74) is 0.753. The molecule has 0 saturated heterocycles. The van der Waals surface area contributed by atoms with Crippen LogP contribution in [0.3, 0.4) is 0 Å². The summed E-state index contributed by atoms with van der Waals surface area (Å²) in [7, 11) is 0. The fourth-order valence-electron chi connectivity index (χ4n) is 1.56. The van der Waals surface area contributed by atoms with E-state index in [2.05, 4.69) is 12.2 Å². The van der Waals surface area contributed by atoms with Gasteiger partial charge in [-0.05, 0) is 18.6 Å². The van der Waals surface area contributed by atoms with Crippen LogP contribution in [0.15, 0.2) is 34.7 Å². The molecule has 0 saturated carbocycles. The van der Waals surface area contributed by atoms with E-state index in [0.717, 1.165) is 23.8 Å². The predicted octanol–water partition coefficient (Wildman–Crippen LogP) is 2.96. The third-order valence-electron chi connectivity index (χ3n) is 2.47. The van der Waals surface area contributed by atoms with E-state index in [1.54, 1.807) is 6.07 Å². The summed E-state index contributed by atoms with van der Waals surface area (Å²) >= 11 is 0. The maximum Gasteiger partial charge on any atom is 0.287 e. The lowest BCUT2D eigenvalue weighted by Gasteiger charge is -2.00. The number of carbonyl (C=O) groups is 1. The van der Waals surface area contributed by atoms with Crippen LogP contribution in [-0.4, -0.2) is 12.5 Å². The number of rotatable bonds is 4. The van der Waals surface area contributed by atoms with E-state index in [-0.39, 0.29) is 5.91 Å². The molecule has 2 aromatic rings. The second-order valence-electron chi connectivity index (χ2n) is 3.76. The van der Waals surface area contributed by atoms with Crippen LogP contribution in [-0.2, 0) is 0 Å². The molecule has 2 rings (SSSR count). The molecule has 0 aliphatic carbocycles. The molecule has 0 radical (unpaired) electrons. The first-order valence-corrected chi connectivity index (χ1v) is 5.58. The quantitative estimate of drug-likeness (QED) is 0.800. The van der Waals surface area contributed by atoms with Gasteiger partial charge in [-0.3, -0.25) is 4.79 Å². The molecule has 0 aliphatic rings. The van der Waals surface area contributed by atoms with Crippen molar-refractivity contribution in [3.05, 3.63) is 36.1 Å². The van der Waals surface area contributed by atoms with Crippen LogP contribution in [0.1, 0.15) is 30.3 Å². The van der Waals surface area contributed by atoms with Gasteiger partial charge < -0.3 is 9.73 Å². The molecule has 16 heavy (non-hydrogen) atoms. The molecule has 3 nitrogen and oxygen atoms in total. The molecular weight excluding hydrogens is 202 g/mol. The first-order chi connectivity index (χ1) is 7.81. The van der Waals surface area contributed by atoms with Gasteiger partial charge in [0, 0.05) is 11.9 Å². The highest BCUT2D eigenvalue weighted by Crippen LogP contribution is 2.18. The molecule has 0 spiro atoms. The number of furan rings is 1. The predicted molar refractivity (Wildman–Crippen MR) is 63.5 cm³/mol. The Morgan fingerprint density at radius 3 is 2.94 bits per heavy atom. The Labute approximate surface area is 94.4 Å². The van der Waals surface area contributed by atoms with Crippen molar-refractivity contribution in [1.82, 2.24) is 5.32 Å². The topological polar surface area (TPSA) is 42.2 Å². The van der Waals surface area contributed by atoms with E-state index in [1.165, 1.54) is 0 Å². The van der Waals surface area contributed by atoms with Crippen molar-refractivity contribution in [2.45, 2.75) is 19.8 Å². The zero-order valence-electron chi connectivity index (χ0n) is 9.32. The number of amides is 1. The van der Waals surface area contributed by atoms with Crippen LogP contribution in [0.2, 0.25) is 0 Å². The second-order valence-corrected chi connectivity index (χ2v) is 3.76. The van der Waals surface area contributed by atoms with Crippen molar-refractivity contribution >= 4 is 16.9 Å². The second kappa shape index (κ2) is 4.84. The molecule has 1 heterocycles. The molecule has 1 amide bonds. The zero-order valence-corrected chi connectivity index (χ0v) is 9.32. The van der Waals surface area contributed by atoms with Crippen LogP contribution in [0.25, 0.3) is 11.0 Å². The highest BCUT2D eigenvalue weighted by Gasteiger charge is 2.10. The normalized spacial score (nSPS) is 10.6. The SMILES string of the molecule is CCCCNC(=O)c1cc2ccccc2o1. The number of para-hydroxylation sites is 1.